The molecule has 1 aromatic heterocycles. The van der Waals surface area contributed by atoms with Crippen molar-refractivity contribution in [3.8, 4) is 11.5 Å². The lowest BCUT2D eigenvalue weighted by Gasteiger charge is -2.14. The summed E-state index contributed by atoms with van der Waals surface area (Å²) >= 11 is 0. The molecular formula is C16H19N3O6. The Balaban J connectivity index is 2.23. The van der Waals surface area contributed by atoms with Crippen LogP contribution in [0.1, 0.15) is 22.2 Å². The molecule has 2 aromatic rings. The highest BCUT2D eigenvalue weighted by molar-refractivity contribution is 5.99. The summed E-state index contributed by atoms with van der Waals surface area (Å²) in [5, 5.41) is 23.9. The lowest BCUT2D eigenvalue weighted by molar-refractivity contribution is -0.385. The van der Waals surface area contributed by atoms with Crippen molar-refractivity contribution in [2.24, 2.45) is 7.05 Å². The monoisotopic (exact) mass is 349 g/mol. The molecule has 0 spiro atoms. The Kier molecular flexibility index (Phi) is 5.60. The van der Waals surface area contributed by atoms with E-state index in [2.05, 4.69) is 5.32 Å². The van der Waals surface area contributed by atoms with Gasteiger partial charge in [-0.05, 0) is 12.1 Å². The minimum Gasteiger partial charge on any atom is -0.493 e. The van der Waals surface area contributed by atoms with E-state index in [1.807, 2.05) is 0 Å². The van der Waals surface area contributed by atoms with Crippen molar-refractivity contribution < 1.29 is 24.3 Å². The predicted octanol–water partition coefficient (Wildman–Crippen LogP) is 1.41. The minimum atomic E-state index is -0.942. The van der Waals surface area contributed by atoms with Crippen LogP contribution in [0.15, 0.2) is 30.5 Å². The van der Waals surface area contributed by atoms with Crippen molar-refractivity contribution in [3.05, 3.63) is 51.8 Å². The van der Waals surface area contributed by atoms with Crippen LogP contribution in [0, 0.1) is 10.1 Å². The molecule has 0 fully saturated rings. The molecule has 2 rings (SSSR count). The number of aryl methyl sites for hydroxylation is 1. The molecule has 1 amide bonds. The van der Waals surface area contributed by atoms with E-state index in [0.717, 1.165) is 6.07 Å². The molecule has 2 N–H and O–H groups in total. The van der Waals surface area contributed by atoms with E-state index in [9.17, 15) is 20.0 Å². The number of rotatable bonds is 7. The molecule has 1 aromatic carbocycles. The van der Waals surface area contributed by atoms with E-state index in [4.69, 9.17) is 9.47 Å². The second-order valence-electron chi connectivity index (χ2n) is 5.25. The molecule has 0 bridgehead atoms. The van der Waals surface area contributed by atoms with Crippen LogP contribution < -0.4 is 14.8 Å². The van der Waals surface area contributed by atoms with E-state index in [0.29, 0.717) is 5.69 Å². The fourth-order valence-corrected chi connectivity index (χ4v) is 2.41. The fraction of sp³-hybridized carbons (Fsp3) is 0.312. The Labute approximate surface area is 143 Å². The van der Waals surface area contributed by atoms with Gasteiger partial charge in [0.25, 0.3) is 11.6 Å². The van der Waals surface area contributed by atoms with E-state index in [1.165, 1.54) is 20.3 Å². The predicted molar refractivity (Wildman–Crippen MR) is 88.9 cm³/mol. The van der Waals surface area contributed by atoms with Crippen LogP contribution in [0.2, 0.25) is 0 Å². The molecule has 1 unspecified atom stereocenters. The zero-order valence-corrected chi connectivity index (χ0v) is 14.1. The highest BCUT2D eigenvalue weighted by atomic mass is 16.6. The van der Waals surface area contributed by atoms with E-state index in [-0.39, 0.29) is 23.6 Å². The summed E-state index contributed by atoms with van der Waals surface area (Å²) in [6.07, 6.45) is 0.822. The summed E-state index contributed by atoms with van der Waals surface area (Å²) in [6, 6.07) is 5.85. The summed E-state index contributed by atoms with van der Waals surface area (Å²) in [7, 11) is 4.47. The number of hydrogen-bond donors (Lipinski definition) is 2. The minimum absolute atomic E-state index is 0.0951. The molecule has 0 saturated carbocycles. The highest BCUT2D eigenvalue weighted by Crippen LogP contribution is 2.34. The van der Waals surface area contributed by atoms with Gasteiger partial charge >= 0.3 is 0 Å². The number of carbonyl (C=O) groups excluding carboxylic acids is 1. The Hall–Kier alpha value is -3.07. The Morgan fingerprint density at radius 2 is 2.00 bits per heavy atom. The second kappa shape index (κ2) is 7.67. The lowest BCUT2D eigenvalue weighted by atomic mass is 10.1. The van der Waals surface area contributed by atoms with Crippen LogP contribution in [0.3, 0.4) is 0 Å². The van der Waals surface area contributed by atoms with Gasteiger partial charge in [0.15, 0.2) is 11.5 Å². The van der Waals surface area contributed by atoms with Gasteiger partial charge < -0.3 is 24.5 Å². The SMILES string of the molecule is COc1cc(C(=O)NCC(O)c2cccn2C)c([N+](=O)[O-])cc1OC. The topological polar surface area (TPSA) is 116 Å². The molecule has 0 aliphatic heterocycles. The zero-order valence-electron chi connectivity index (χ0n) is 14.1. The first-order valence-electron chi connectivity index (χ1n) is 7.37. The maximum absolute atomic E-state index is 12.4. The number of methoxy groups -OCH3 is 2. The number of nitrogens with zero attached hydrogens (tertiary/aromatic N) is 2. The number of aromatic nitrogens is 1. The molecule has 25 heavy (non-hydrogen) atoms. The van der Waals surface area contributed by atoms with Gasteiger partial charge in [0.05, 0.1) is 25.2 Å². The van der Waals surface area contributed by atoms with Crippen LogP contribution in [-0.2, 0) is 7.05 Å². The van der Waals surface area contributed by atoms with Gasteiger partial charge in [-0.3, -0.25) is 14.9 Å². The average Bonchev–Trinajstić information content (AvgIpc) is 3.03. The quantitative estimate of drug-likeness (QED) is 0.577. The Morgan fingerprint density at radius 1 is 1.36 bits per heavy atom. The molecule has 9 nitrogen and oxygen atoms in total. The third kappa shape index (κ3) is 3.89. The molecule has 0 aliphatic rings. The molecule has 0 aliphatic carbocycles. The fourth-order valence-electron chi connectivity index (χ4n) is 2.41. The summed E-state index contributed by atoms with van der Waals surface area (Å²) in [6.45, 7) is -0.0951. The number of nitro groups is 1. The van der Waals surface area contributed by atoms with Crippen LogP contribution in [0.5, 0.6) is 11.5 Å². The molecule has 0 radical (unpaired) electrons. The number of ether oxygens (including phenoxy) is 2. The molecule has 0 saturated heterocycles. The van der Waals surface area contributed by atoms with Gasteiger partial charge in [-0.15, -0.1) is 0 Å². The number of hydrogen-bond acceptors (Lipinski definition) is 6. The summed E-state index contributed by atoms with van der Waals surface area (Å²) in [4.78, 5) is 22.9. The van der Waals surface area contributed by atoms with E-state index < -0.39 is 22.6 Å². The number of nitrogens with one attached hydrogen (secondary N) is 1. The van der Waals surface area contributed by atoms with Gasteiger partial charge in [0, 0.05) is 31.5 Å². The molecule has 9 heteroatoms. The third-order valence-electron chi connectivity index (χ3n) is 3.72. The van der Waals surface area contributed by atoms with Gasteiger partial charge in [-0.1, -0.05) is 0 Å². The number of nitro benzene ring substituents is 1. The first-order valence-corrected chi connectivity index (χ1v) is 7.37. The standard InChI is InChI=1S/C16H19N3O6/c1-18-6-4-5-11(18)13(20)9-17-16(21)10-7-14(24-2)15(25-3)8-12(10)19(22)23/h4-8,13,20H,9H2,1-3H3,(H,17,21). The van der Waals surface area contributed by atoms with Crippen molar-refractivity contribution in [2.75, 3.05) is 20.8 Å². The van der Waals surface area contributed by atoms with E-state index in [1.54, 1.807) is 29.9 Å². The van der Waals surface area contributed by atoms with Crippen molar-refractivity contribution >= 4 is 11.6 Å². The van der Waals surface area contributed by atoms with Gasteiger partial charge in [0.1, 0.15) is 11.7 Å². The number of carbonyl (C=O) groups is 1. The lowest BCUT2D eigenvalue weighted by Crippen LogP contribution is -2.29. The van der Waals surface area contributed by atoms with Crippen LogP contribution in [0.4, 0.5) is 5.69 Å². The van der Waals surface area contributed by atoms with Gasteiger partial charge in [-0.25, -0.2) is 0 Å². The highest BCUT2D eigenvalue weighted by Gasteiger charge is 2.25. The number of aliphatic hydroxyl groups excluding tert-OH is 1. The van der Waals surface area contributed by atoms with Crippen molar-refractivity contribution in [1.29, 1.82) is 0 Å². The third-order valence-corrected chi connectivity index (χ3v) is 3.72. The number of benzene rings is 1. The second-order valence-corrected chi connectivity index (χ2v) is 5.25. The molecule has 1 heterocycles. The van der Waals surface area contributed by atoms with Crippen molar-refractivity contribution in [2.45, 2.75) is 6.10 Å². The number of aliphatic hydroxyl groups is 1. The molecule has 134 valence electrons. The summed E-state index contributed by atoms with van der Waals surface area (Å²) in [5.41, 5.74) is 0.0207. The van der Waals surface area contributed by atoms with Gasteiger partial charge in [-0.2, -0.15) is 0 Å². The Morgan fingerprint density at radius 3 is 2.52 bits per heavy atom. The maximum atomic E-state index is 12.4. The van der Waals surface area contributed by atoms with Crippen LogP contribution >= 0.6 is 0 Å². The Bertz CT molecular complexity index is 786. The average molecular weight is 349 g/mol. The summed E-state index contributed by atoms with van der Waals surface area (Å²) in [5.74, 6) is -0.350. The maximum Gasteiger partial charge on any atom is 0.286 e. The van der Waals surface area contributed by atoms with E-state index >= 15 is 0 Å². The molecular weight excluding hydrogens is 330 g/mol. The van der Waals surface area contributed by atoms with Crippen LogP contribution in [-0.4, -0.2) is 41.3 Å². The van der Waals surface area contributed by atoms with Crippen molar-refractivity contribution in [1.82, 2.24) is 9.88 Å². The largest absolute Gasteiger partial charge is 0.493 e. The number of amides is 1. The smallest absolute Gasteiger partial charge is 0.286 e. The zero-order chi connectivity index (χ0) is 18.6. The first kappa shape index (κ1) is 18.3. The van der Waals surface area contributed by atoms with Crippen molar-refractivity contribution in [3.63, 3.8) is 0 Å². The molecule has 1 atom stereocenters. The summed E-state index contributed by atoms with van der Waals surface area (Å²) < 4.78 is 11.8. The first-order chi connectivity index (χ1) is 11.9. The normalized spacial score (nSPS) is 11.7. The van der Waals surface area contributed by atoms with Crippen LogP contribution in [0.25, 0.3) is 0 Å². The van der Waals surface area contributed by atoms with Gasteiger partial charge in [0.2, 0.25) is 0 Å².